The predicted octanol–water partition coefficient (Wildman–Crippen LogP) is 1.84. The Labute approximate surface area is 90.0 Å². The van der Waals surface area contributed by atoms with Crippen molar-refractivity contribution in [3.05, 3.63) is 18.2 Å². The summed E-state index contributed by atoms with van der Waals surface area (Å²) < 4.78 is 26.9. The molecular weight excluding hydrogens is 215 g/mol. The van der Waals surface area contributed by atoms with Gasteiger partial charge in [-0.05, 0) is 19.1 Å². The van der Waals surface area contributed by atoms with Crippen molar-refractivity contribution in [1.82, 2.24) is 0 Å². The van der Waals surface area contributed by atoms with E-state index in [4.69, 9.17) is 14.0 Å². The van der Waals surface area contributed by atoms with E-state index in [-0.39, 0.29) is 0 Å². The van der Waals surface area contributed by atoms with Crippen molar-refractivity contribution < 1.29 is 18.6 Å². The fraction of sp³-hybridized carbons (Fsp3) is 0.400. The smallest absolute Gasteiger partial charge is 0.224 e. The van der Waals surface area contributed by atoms with E-state index < -0.39 is 8.03 Å². The maximum atomic E-state index is 11.7. The molecule has 0 heterocycles. The molecule has 0 N–H and O–H groups in total. The minimum atomic E-state index is -2.22. The number of benzene rings is 1. The van der Waals surface area contributed by atoms with Crippen LogP contribution in [0.5, 0.6) is 11.5 Å². The van der Waals surface area contributed by atoms with Gasteiger partial charge in [-0.2, -0.15) is 0 Å². The summed E-state index contributed by atoms with van der Waals surface area (Å²) in [5.74, 6) is 1.20. The van der Waals surface area contributed by atoms with Crippen LogP contribution >= 0.6 is 8.03 Å². The summed E-state index contributed by atoms with van der Waals surface area (Å²) in [6, 6.07) is 5.13. The van der Waals surface area contributed by atoms with Crippen LogP contribution in [0.25, 0.3) is 0 Å². The average Bonchev–Trinajstić information content (AvgIpc) is 2.28. The van der Waals surface area contributed by atoms with Crippen molar-refractivity contribution in [1.29, 1.82) is 0 Å². The zero-order chi connectivity index (χ0) is 11.3. The number of ether oxygens (including phenoxy) is 2. The molecule has 0 radical (unpaired) electrons. The second-order valence-corrected chi connectivity index (χ2v) is 4.19. The van der Waals surface area contributed by atoms with Gasteiger partial charge in [0.25, 0.3) is 0 Å². The molecule has 15 heavy (non-hydrogen) atoms. The minimum Gasteiger partial charge on any atom is -0.497 e. The van der Waals surface area contributed by atoms with E-state index in [0.717, 1.165) is 0 Å². The lowest BCUT2D eigenvalue weighted by atomic mass is 10.3. The summed E-state index contributed by atoms with van der Waals surface area (Å²) in [7, 11) is 0.882. The van der Waals surface area contributed by atoms with Crippen LogP contribution in [-0.4, -0.2) is 20.8 Å². The summed E-state index contributed by atoms with van der Waals surface area (Å²) in [5, 5.41) is 0.588. The summed E-state index contributed by atoms with van der Waals surface area (Å²) in [6.07, 6.45) is 0. The number of hydrogen-bond donors (Lipinski definition) is 0. The highest BCUT2D eigenvalue weighted by molar-refractivity contribution is 7.48. The van der Waals surface area contributed by atoms with E-state index in [2.05, 4.69) is 0 Å². The largest absolute Gasteiger partial charge is 0.497 e. The molecule has 0 bridgehead atoms. The third kappa shape index (κ3) is 2.98. The Bertz CT molecular complexity index is 351. The molecule has 5 heteroatoms. The van der Waals surface area contributed by atoms with Gasteiger partial charge in [0, 0.05) is 6.07 Å². The Morgan fingerprint density at radius 1 is 1.27 bits per heavy atom. The Morgan fingerprint density at radius 3 is 2.53 bits per heavy atom. The number of hydrogen-bond acceptors (Lipinski definition) is 4. The first-order valence-corrected chi connectivity index (χ1v) is 5.93. The van der Waals surface area contributed by atoms with E-state index in [1.807, 2.05) is 0 Å². The van der Waals surface area contributed by atoms with E-state index in [1.165, 1.54) is 7.11 Å². The standard InChI is InChI=1S/C10H15O4P/c1-4-14-15(11)10-6-5-8(12-2)7-9(10)13-3/h5-7,15H,4H2,1-3H3. The molecule has 1 atom stereocenters. The second kappa shape index (κ2) is 5.79. The van der Waals surface area contributed by atoms with E-state index in [0.29, 0.717) is 23.4 Å². The summed E-state index contributed by atoms with van der Waals surface area (Å²) in [6.45, 7) is 2.23. The van der Waals surface area contributed by atoms with Crippen LogP contribution in [0.1, 0.15) is 6.92 Å². The third-order valence-corrected chi connectivity index (χ3v) is 3.31. The lowest BCUT2D eigenvalue weighted by Crippen LogP contribution is -2.04. The highest BCUT2D eigenvalue weighted by Crippen LogP contribution is 2.29. The van der Waals surface area contributed by atoms with Crippen LogP contribution in [-0.2, 0) is 9.09 Å². The van der Waals surface area contributed by atoms with Gasteiger partial charge in [0.2, 0.25) is 8.03 Å². The van der Waals surface area contributed by atoms with Crippen LogP contribution in [0.3, 0.4) is 0 Å². The van der Waals surface area contributed by atoms with Crippen LogP contribution < -0.4 is 14.8 Å². The molecular formula is C10H15O4P. The zero-order valence-electron chi connectivity index (χ0n) is 9.07. The minimum absolute atomic E-state index is 0.424. The molecule has 0 aromatic heterocycles. The van der Waals surface area contributed by atoms with Gasteiger partial charge in [-0.3, -0.25) is 4.57 Å². The number of methoxy groups -OCH3 is 2. The van der Waals surface area contributed by atoms with Gasteiger partial charge in [0.05, 0.1) is 26.1 Å². The molecule has 0 aliphatic carbocycles. The molecule has 0 saturated carbocycles. The molecule has 84 valence electrons. The van der Waals surface area contributed by atoms with Crippen molar-refractivity contribution in [2.75, 3.05) is 20.8 Å². The molecule has 0 amide bonds. The average molecular weight is 230 g/mol. The molecule has 0 aliphatic heterocycles. The summed E-state index contributed by atoms with van der Waals surface area (Å²) in [5.41, 5.74) is 0. The summed E-state index contributed by atoms with van der Waals surface area (Å²) in [4.78, 5) is 0. The molecule has 1 aromatic carbocycles. The van der Waals surface area contributed by atoms with Crippen molar-refractivity contribution in [3.63, 3.8) is 0 Å². The van der Waals surface area contributed by atoms with E-state index in [9.17, 15) is 4.57 Å². The van der Waals surface area contributed by atoms with E-state index >= 15 is 0 Å². The SMILES string of the molecule is CCO[PH](=O)c1ccc(OC)cc1OC. The molecule has 4 nitrogen and oxygen atoms in total. The van der Waals surface area contributed by atoms with Gasteiger partial charge in [0.1, 0.15) is 11.5 Å². The fourth-order valence-corrected chi connectivity index (χ4v) is 2.19. The summed E-state index contributed by atoms with van der Waals surface area (Å²) >= 11 is 0. The topological polar surface area (TPSA) is 44.8 Å². The van der Waals surface area contributed by atoms with Crippen molar-refractivity contribution in [3.8, 4) is 11.5 Å². The van der Waals surface area contributed by atoms with Crippen molar-refractivity contribution in [2.45, 2.75) is 6.92 Å². The quantitative estimate of drug-likeness (QED) is 0.724. The molecule has 0 saturated heterocycles. The monoisotopic (exact) mass is 230 g/mol. The second-order valence-electron chi connectivity index (χ2n) is 2.79. The van der Waals surface area contributed by atoms with Gasteiger partial charge < -0.3 is 14.0 Å². The first-order chi connectivity index (χ1) is 7.22. The molecule has 1 rings (SSSR count). The van der Waals surface area contributed by atoms with Gasteiger partial charge in [-0.15, -0.1) is 0 Å². The zero-order valence-corrected chi connectivity index (χ0v) is 10.1. The lowest BCUT2D eigenvalue weighted by molar-refractivity contribution is 0.355. The van der Waals surface area contributed by atoms with Gasteiger partial charge >= 0.3 is 0 Å². The lowest BCUT2D eigenvalue weighted by Gasteiger charge is -2.09. The maximum Gasteiger partial charge on any atom is 0.224 e. The van der Waals surface area contributed by atoms with Crippen LogP contribution in [0.4, 0.5) is 0 Å². The first kappa shape index (κ1) is 12.1. The Balaban J connectivity index is 3.02. The van der Waals surface area contributed by atoms with Gasteiger partial charge in [-0.1, -0.05) is 0 Å². The molecule has 1 unspecified atom stereocenters. The number of rotatable bonds is 5. The highest BCUT2D eigenvalue weighted by atomic mass is 31.1. The fourth-order valence-electron chi connectivity index (χ4n) is 1.18. The van der Waals surface area contributed by atoms with Crippen molar-refractivity contribution >= 4 is 13.3 Å². The van der Waals surface area contributed by atoms with Crippen LogP contribution in [0.2, 0.25) is 0 Å². The molecule has 0 fully saturated rings. The van der Waals surface area contributed by atoms with Crippen molar-refractivity contribution in [2.24, 2.45) is 0 Å². The molecule has 0 spiro atoms. The Kier molecular flexibility index (Phi) is 4.66. The predicted molar refractivity (Wildman–Crippen MR) is 59.8 cm³/mol. The Morgan fingerprint density at radius 2 is 2.00 bits per heavy atom. The molecule has 0 aliphatic rings. The van der Waals surface area contributed by atoms with Gasteiger partial charge in [-0.25, -0.2) is 0 Å². The Hall–Kier alpha value is -0.990. The van der Waals surface area contributed by atoms with E-state index in [1.54, 1.807) is 32.2 Å². The molecule has 1 aromatic rings. The van der Waals surface area contributed by atoms with Gasteiger partial charge in [0.15, 0.2) is 0 Å². The normalized spacial score (nSPS) is 12.2. The highest BCUT2D eigenvalue weighted by Gasteiger charge is 2.11. The first-order valence-electron chi connectivity index (χ1n) is 4.62. The van der Waals surface area contributed by atoms with Crippen LogP contribution in [0.15, 0.2) is 18.2 Å². The third-order valence-electron chi connectivity index (χ3n) is 1.90. The maximum absolute atomic E-state index is 11.7. The van der Waals surface area contributed by atoms with Crippen LogP contribution in [0, 0.1) is 0 Å².